The Morgan fingerprint density at radius 3 is 2.43 bits per heavy atom. The van der Waals surface area contributed by atoms with Gasteiger partial charge in [0.15, 0.2) is 0 Å². The number of benzene rings is 1. The summed E-state index contributed by atoms with van der Waals surface area (Å²) in [5, 5.41) is 19.1. The van der Waals surface area contributed by atoms with Gasteiger partial charge in [-0.05, 0) is 13.0 Å². The molecule has 0 aliphatic heterocycles. The SMILES string of the molecule is Cc1cccc(C(=O)O)c1[N+](=O)[O-].[Na+]. The molecule has 1 N–H and O–H groups in total. The van der Waals surface area contributed by atoms with Crippen molar-refractivity contribution in [2.24, 2.45) is 0 Å². The first-order valence-corrected chi connectivity index (χ1v) is 3.51. The molecule has 0 saturated carbocycles. The Balaban J connectivity index is 0.00000169. The van der Waals surface area contributed by atoms with Crippen LogP contribution in [0.25, 0.3) is 0 Å². The van der Waals surface area contributed by atoms with Crippen molar-refractivity contribution in [3.05, 3.63) is 39.4 Å². The summed E-state index contributed by atoms with van der Waals surface area (Å²) in [5.41, 5.74) is -0.259. The Morgan fingerprint density at radius 1 is 1.50 bits per heavy atom. The average Bonchev–Trinajstić information content (AvgIpc) is 2.02. The molecule has 1 aromatic carbocycles. The van der Waals surface area contributed by atoms with Crippen LogP contribution in [0.4, 0.5) is 5.69 Å². The fourth-order valence-electron chi connectivity index (χ4n) is 1.07. The third-order valence-corrected chi connectivity index (χ3v) is 1.65. The summed E-state index contributed by atoms with van der Waals surface area (Å²) in [6.07, 6.45) is 0. The third kappa shape index (κ3) is 2.54. The summed E-state index contributed by atoms with van der Waals surface area (Å²) in [6, 6.07) is 4.20. The molecule has 0 spiro atoms. The van der Waals surface area contributed by atoms with Crippen LogP contribution in [0.5, 0.6) is 0 Å². The van der Waals surface area contributed by atoms with Crippen molar-refractivity contribution in [3.8, 4) is 0 Å². The maximum atomic E-state index is 10.6. The molecule has 0 bridgehead atoms. The zero-order valence-electron chi connectivity index (χ0n) is 7.85. The van der Waals surface area contributed by atoms with Crippen molar-refractivity contribution >= 4 is 11.7 Å². The number of nitrogens with zero attached hydrogens (tertiary/aromatic N) is 1. The van der Waals surface area contributed by atoms with Gasteiger partial charge in [0.05, 0.1) is 4.92 Å². The Bertz CT molecular complexity index is 378. The molecule has 0 amide bonds. The topological polar surface area (TPSA) is 80.4 Å². The first-order chi connectivity index (χ1) is 6.04. The van der Waals surface area contributed by atoms with Crippen LogP contribution in [0.1, 0.15) is 15.9 Å². The summed E-state index contributed by atoms with van der Waals surface area (Å²) in [7, 11) is 0. The molecule has 0 atom stereocenters. The van der Waals surface area contributed by atoms with Crippen LogP contribution in [0.2, 0.25) is 0 Å². The van der Waals surface area contributed by atoms with Gasteiger partial charge in [0.25, 0.3) is 5.69 Å². The molecule has 0 unspecified atom stereocenters. The Labute approximate surface area is 102 Å². The number of hydrogen-bond acceptors (Lipinski definition) is 3. The van der Waals surface area contributed by atoms with Crippen LogP contribution in [-0.2, 0) is 0 Å². The van der Waals surface area contributed by atoms with Gasteiger partial charge in [-0.3, -0.25) is 10.1 Å². The van der Waals surface area contributed by atoms with Crippen molar-refractivity contribution < 1.29 is 44.4 Å². The number of carboxylic acids is 1. The second-order valence-electron chi connectivity index (χ2n) is 2.53. The maximum absolute atomic E-state index is 10.6. The van der Waals surface area contributed by atoms with Crippen molar-refractivity contribution in [1.82, 2.24) is 0 Å². The smallest absolute Gasteiger partial charge is 0.477 e. The van der Waals surface area contributed by atoms with E-state index in [-0.39, 0.29) is 40.8 Å². The predicted octanol–water partition coefficient (Wildman–Crippen LogP) is -1.39. The molecular weight excluding hydrogens is 197 g/mol. The quantitative estimate of drug-likeness (QED) is 0.365. The van der Waals surface area contributed by atoms with E-state index >= 15 is 0 Å². The molecule has 1 rings (SSSR count). The number of hydrogen-bond donors (Lipinski definition) is 1. The van der Waals surface area contributed by atoms with Gasteiger partial charge in [0.2, 0.25) is 0 Å². The molecule has 6 heteroatoms. The van der Waals surface area contributed by atoms with Crippen LogP contribution < -0.4 is 29.6 Å². The van der Waals surface area contributed by atoms with Gasteiger partial charge in [-0.15, -0.1) is 0 Å². The van der Waals surface area contributed by atoms with Crippen LogP contribution in [0, 0.1) is 17.0 Å². The molecule has 0 aliphatic carbocycles. The van der Waals surface area contributed by atoms with Crippen LogP contribution >= 0.6 is 0 Å². The van der Waals surface area contributed by atoms with Gasteiger partial charge >= 0.3 is 35.5 Å². The van der Waals surface area contributed by atoms with E-state index in [1.54, 1.807) is 0 Å². The molecular formula is C8H7NNaO4+. The molecule has 0 radical (unpaired) electrons. The molecule has 14 heavy (non-hydrogen) atoms. The zero-order valence-corrected chi connectivity index (χ0v) is 9.85. The normalized spacial score (nSPS) is 8.93. The molecule has 0 saturated heterocycles. The van der Waals surface area contributed by atoms with Gasteiger partial charge < -0.3 is 5.11 Å². The third-order valence-electron chi connectivity index (χ3n) is 1.65. The number of nitro benzene ring substituents is 1. The molecule has 0 heterocycles. The molecule has 0 aliphatic rings. The van der Waals surface area contributed by atoms with E-state index in [1.807, 2.05) is 0 Å². The average molecular weight is 204 g/mol. The number of nitro groups is 1. The van der Waals surface area contributed by atoms with Gasteiger partial charge in [0.1, 0.15) is 5.56 Å². The minimum Gasteiger partial charge on any atom is -0.477 e. The minimum absolute atomic E-state index is 0. The first-order valence-electron chi connectivity index (χ1n) is 3.51. The van der Waals surface area contributed by atoms with Crippen molar-refractivity contribution in [3.63, 3.8) is 0 Å². The number of aryl methyl sites for hydroxylation is 1. The van der Waals surface area contributed by atoms with Crippen molar-refractivity contribution in [2.45, 2.75) is 6.92 Å². The first kappa shape index (κ1) is 13.1. The molecule has 68 valence electrons. The van der Waals surface area contributed by atoms with E-state index in [4.69, 9.17) is 5.11 Å². The van der Waals surface area contributed by atoms with Gasteiger partial charge in [-0.25, -0.2) is 4.79 Å². The van der Waals surface area contributed by atoms with Gasteiger partial charge in [-0.2, -0.15) is 0 Å². The minimum atomic E-state index is -1.28. The second-order valence-corrected chi connectivity index (χ2v) is 2.53. The summed E-state index contributed by atoms with van der Waals surface area (Å²) in [6.45, 7) is 1.50. The fraction of sp³-hybridized carbons (Fsp3) is 0.125. The van der Waals surface area contributed by atoms with Crippen molar-refractivity contribution in [2.75, 3.05) is 0 Å². The molecule has 0 fully saturated rings. The van der Waals surface area contributed by atoms with Crippen LogP contribution in [-0.4, -0.2) is 16.0 Å². The number of para-hydroxylation sites is 1. The molecule has 1 aromatic rings. The number of carboxylic acid groups (broad SMARTS) is 1. The summed E-state index contributed by atoms with van der Waals surface area (Å²) in [4.78, 5) is 20.4. The summed E-state index contributed by atoms with van der Waals surface area (Å²) < 4.78 is 0. The Kier molecular flexibility index (Phi) is 4.76. The standard InChI is InChI=1S/C8H7NO4.Na/c1-5-3-2-4-6(8(10)11)7(5)9(12)13;/h2-4H,1H3,(H,10,11);/q;+1. The summed E-state index contributed by atoms with van der Waals surface area (Å²) in [5.74, 6) is -1.28. The zero-order chi connectivity index (χ0) is 10.0. The van der Waals surface area contributed by atoms with Crippen molar-refractivity contribution in [1.29, 1.82) is 0 Å². The molecule has 5 nitrogen and oxygen atoms in total. The largest absolute Gasteiger partial charge is 1.00 e. The monoisotopic (exact) mass is 204 g/mol. The molecule has 0 aromatic heterocycles. The number of carbonyl (C=O) groups is 1. The predicted molar refractivity (Wildman–Crippen MR) is 44.8 cm³/mol. The number of rotatable bonds is 2. The Morgan fingerprint density at radius 2 is 2.07 bits per heavy atom. The van der Waals surface area contributed by atoms with E-state index in [1.165, 1.54) is 25.1 Å². The van der Waals surface area contributed by atoms with Gasteiger partial charge in [0, 0.05) is 5.56 Å². The van der Waals surface area contributed by atoms with E-state index in [0.29, 0.717) is 5.56 Å². The maximum Gasteiger partial charge on any atom is 1.00 e. The van der Waals surface area contributed by atoms with Gasteiger partial charge in [-0.1, -0.05) is 12.1 Å². The number of aromatic carboxylic acids is 1. The Hall–Kier alpha value is -0.910. The van der Waals surface area contributed by atoms with E-state index in [0.717, 1.165) is 0 Å². The van der Waals surface area contributed by atoms with Crippen LogP contribution in [0.15, 0.2) is 18.2 Å². The van der Waals surface area contributed by atoms with E-state index in [2.05, 4.69) is 0 Å². The van der Waals surface area contributed by atoms with Crippen LogP contribution in [0.3, 0.4) is 0 Å². The fourth-order valence-corrected chi connectivity index (χ4v) is 1.07. The van der Waals surface area contributed by atoms with E-state index < -0.39 is 10.9 Å². The second kappa shape index (κ2) is 5.09. The summed E-state index contributed by atoms with van der Waals surface area (Å²) >= 11 is 0. The van der Waals surface area contributed by atoms with E-state index in [9.17, 15) is 14.9 Å².